The summed E-state index contributed by atoms with van der Waals surface area (Å²) in [5.74, 6) is -1.12. The number of methoxy groups -OCH3 is 1. The zero-order valence-electron chi connectivity index (χ0n) is 10.9. The predicted molar refractivity (Wildman–Crippen MR) is 74.4 cm³/mol. The van der Waals surface area contributed by atoms with Gasteiger partial charge < -0.3 is 20.1 Å². The molecule has 1 heterocycles. The molecule has 7 heteroatoms. The average Bonchev–Trinajstić information content (AvgIpc) is 2.87. The van der Waals surface area contributed by atoms with E-state index in [0.717, 1.165) is 6.42 Å². The molecule has 1 aromatic rings. The number of amides is 2. The van der Waals surface area contributed by atoms with Crippen molar-refractivity contribution in [3.63, 3.8) is 0 Å². The molecule has 2 rings (SSSR count). The summed E-state index contributed by atoms with van der Waals surface area (Å²) in [7, 11) is 1.60. The first-order chi connectivity index (χ1) is 9.51. The number of carboxylic acid groups (broad SMARTS) is 1. The molecule has 0 aliphatic carbocycles. The van der Waals surface area contributed by atoms with Crippen molar-refractivity contribution < 1.29 is 19.4 Å². The number of nitrogens with zero attached hydrogens (tertiary/aromatic N) is 1. The van der Waals surface area contributed by atoms with Crippen molar-refractivity contribution in [3.05, 3.63) is 28.8 Å². The summed E-state index contributed by atoms with van der Waals surface area (Å²) in [5, 5.41) is 12.0. The molecule has 1 fully saturated rings. The van der Waals surface area contributed by atoms with Gasteiger partial charge in [-0.15, -0.1) is 0 Å². The molecular formula is C13H15ClN2O4. The van der Waals surface area contributed by atoms with E-state index in [2.05, 4.69) is 5.32 Å². The number of anilines is 1. The molecule has 1 aromatic carbocycles. The van der Waals surface area contributed by atoms with Gasteiger partial charge in [-0.1, -0.05) is 11.6 Å². The van der Waals surface area contributed by atoms with Gasteiger partial charge in [0, 0.05) is 25.2 Å². The molecule has 0 radical (unpaired) electrons. The van der Waals surface area contributed by atoms with Gasteiger partial charge >= 0.3 is 12.0 Å². The van der Waals surface area contributed by atoms with Gasteiger partial charge in [0.15, 0.2) is 0 Å². The SMILES string of the molecule is COC1CCN(C(=O)Nc2cc(Cl)ccc2C(=O)O)C1. The van der Waals surface area contributed by atoms with Crippen molar-refractivity contribution in [2.24, 2.45) is 0 Å². The number of carbonyl (C=O) groups excluding carboxylic acids is 1. The third-order valence-corrected chi connectivity index (χ3v) is 3.45. The molecule has 0 aromatic heterocycles. The van der Waals surface area contributed by atoms with Crippen LogP contribution in [0.1, 0.15) is 16.8 Å². The molecule has 2 amide bonds. The summed E-state index contributed by atoms with van der Waals surface area (Å²) in [6.07, 6.45) is 0.796. The minimum Gasteiger partial charge on any atom is -0.478 e. The van der Waals surface area contributed by atoms with Gasteiger partial charge in [0.25, 0.3) is 0 Å². The Hall–Kier alpha value is -1.79. The van der Waals surface area contributed by atoms with E-state index in [1.807, 2.05) is 0 Å². The number of benzene rings is 1. The Labute approximate surface area is 121 Å². The maximum Gasteiger partial charge on any atom is 0.337 e. The van der Waals surface area contributed by atoms with E-state index < -0.39 is 5.97 Å². The van der Waals surface area contributed by atoms with Crippen LogP contribution in [0, 0.1) is 0 Å². The largest absolute Gasteiger partial charge is 0.478 e. The predicted octanol–water partition coefficient (Wildman–Crippen LogP) is 2.29. The lowest BCUT2D eigenvalue weighted by atomic mass is 10.2. The van der Waals surface area contributed by atoms with Crippen LogP contribution in [0.3, 0.4) is 0 Å². The lowest BCUT2D eigenvalue weighted by molar-refractivity contribution is 0.0698. The minimum atomic E-state index is -1.12. The van der Waals surface area contributed by atoms with E-state index in [1.54, 1.807) is 12.0 Å². The fourth-order valence-electron chi connectivity index (χ4n) is 2.11. The van der Waals surface area contributed by atoms with Crippen molar-refractivity contribution in [3.8, 4) is 0 Å². The summed E-state index contributed by atoms with van der Waals surface area (Å²) in [5.41, 5.74) is 0.195. The lowest BCUT2D eigenvalue weighted by Gasteiger charge is -2.18. The molecular weight excluding hydrogens is 284 g/mol. The van der Waals surface area contributed by atoms with Gasteiger partial charge in [-0.05, 0) is 24.6 Å². The standard InChI is InChI=1S/C13H15ClN2O4/c1-20-9-4-5-16(7-9)13(19)15-11-6-8(14)2-3-10(11)12(17)18/h2-3,6,9H,4-5,7H2,1H3,(H,15,19)(H,17,18). The normalized spacial score (nSPS) is 18.1. The van der Waals surface area contributed by atoms with Gasteiger partial charge in [-0.3, -0.25) is 0 Å². The first kappa shape index (κ1) is 14.6. The highest BCUT2D eigenvalue weighted by molar-refractivity contribution is 6.31. The fourth-order valence-corrected chi connectivity index (χ4v) is 2.28. The van der Waals surface area contributed by atoms with E-state index in [4.69, 9.17) is 21.4 Å². The molecule has 0 saturated carbocycles. The maximum atomic E-state index is 12.1. The van der Waals surface area contributed by atoms with Crippen LogP contribution < -0.4 is 5.32 Å². The molecule has 6 nitrogen and oxygen atoms in total. The van der Waals surface area contributed by atoms with Crippen LogP contribution in [0.25, 0.3) is 0 Å². The van der Waals surface area contributed by atoms with Crippen LogP contribution in [0.5, 0.6) is 0 Å². The third kappa shape index (κ3) is 3.20. The van der Waals surface area contributed by atoms with Crippen LogP contribution in [-0.4, -0.2) is 48.3 Å². The molecule has 108 valence electrons. The van der Waals surface area contributed by atoms with Crippen molar-refractivity contribution in [1.82, 2.24) is 4.90 Å². The van der Waals surface area contributed by atoms with Crippen molar-refractivity contribution >= 4 is 29.3 Å². The topological polar surface area (TPSA) is 78.9 Å². The molecule has 2 N–H and O–H groups in total. The van der Waals surface area contributed by atoms with Crippen LogP contribution in [0.2, 0.25) is 5.02 Å². The van der Waals surface area contributed by atoms with E-state index in [1.165, 1.54) is 18.2 Å². The van der Waals surface area contributed by atoms with Crippen LogP contribution in [-0.2, 0) is 4.74 Å². The zero-order valence-corrected chi connectivity index (χ0v) is 11.7. The number of likely N-dealkylation sites (tertiary alicyclic amines) is 1. The van der Waals surface area contributed by atoms with Crippen molar-refractivity contribution in [2.75, 3.05) is 25.5 Å². The Bertz CT molecular complexity index is 535. The quantitative estimate of drug-likeness (QED) is 0.897. The third-order valence-electron chi connectivity index (χ3n) is 3.22. The molecule has 1 aliphatic rings. The van der Waals surface area contributed by atoms with Gasteiger partial charge in [0.2, 0.25) is 0 Å². The highest BCUT2D eigenvalue weighted by Gasteiger charge is 2.26. The summed E-state index contributed by atoms with van der Waals surface area (Å²) >= 11 is 5.83. The van der Waals surface area contributed by atoms with Crippen LogP contribution in [0.15, 0.2) is 18.2 Å². The number of aromatic carboxylic acids is 1. The second kappa shape index (κ2) is 6.11. The van der Waals surface area contributed by atoms with Crippen LogP contribution >= 0.6 is 11.6 Å². The second-order valence-electron chi connectivity index (χ2n) is 4.52. The number of urea groups is 1. The number of hydrogen-bond acceptors (Lipinski definition) is 3. The number of carbonyl (C=O) groups is 2. The molecule has 0 spiro atoms. The maximum absolute atomic E-state index is 12.1. The first-order valence-corrected chi connectivity index (χ1v) is 6.50. The molecule has 1 unspecified atom stereocenters. The summed E-state index contributed by atoms with van der Waals surface area (Å²) in [4.78, 5) is 24.8. The van der Waals surface area contributed by atoms with Gasteiger partial charge in [-0.2, -0.15) is 0 Å². The summed E-state index contributed by atoms with van der Waals surface area (Å²) in [6.45, 7) is 1.07. The van der Waals surface area contributed by atoms with Gasteiger partial charge in [-0.25, -0.2) is 9.59 Å². The number of rotatable bonds is 3. The lowest BCUT2D eigenvalue weighted by Crippen LogP contribution is -2.34. The van der Waals surface area contributed by atoms with E-state index in [0.29, 0.717) is 18.1 Å². The Kier molecular flexibility index (Phi) is 4.46. The van der Waals surface area contributed by atoms with Gasteiger partial charge in [0.05, 0.1) is 17.4 Å². The second-order valence-corrected chi connectivity index (χ2v) is 4.95. The molecule has 1 aliphatic heterocycles. The van der Waals surface area contributed by atoms with Crippen molar-refractivity contribution in [2.45, 2.75) is 12.5 Å². The Morgan fingerprint density at radius 1 is 1.50 bits per heavy atom. The van der Waals surface area contributed by atoms with E-state index in [9.17, 15) is 9.59 Å². The first-order valence-electron chi connectivity index (χ1n) is 6.13. The Balaban J connectivity index is 2.11. The number of halogens is 1. The van der Waals surface area contributed by atoms with E-state index in [-0.39, 0.29) is 23.4 Å². The number of hydrogen-bond donors (Lipinski definition) is 2. The molecule has 20 heavy (non-hydrogen) atoms. The summed E-state index contributed by atoms with van der Waals surface area (Å²) < 4.78 is 5.19. The van der Waals surface area contributed by atoms with E-state index >= 15 is 0 Å². The monoisotopic (exact) mass is 298 g/mol. The van der Waals surface area contributed by atoms with Gasteiger partial charge in [0.1, 0.15) is 0 Å². The van der Waals surface area contributed by atoms with Crippen LogP contribution in [0.4, 0.5) is 10.5 Å². The average molecular weight is 299 g/mol. The number of carboxylic acids is 1. The Morgan fingerprint density at radius 3 is 2.85 bits per heavy atom. The fraction of sp³-hybridized carbons (Fsp3) is 0.385. The highest BCUT2D eigenvalue weighted by Crippen LogP contribution is 2.22. The Morgan fingerprint density at radius 2 is 2.25 bits per heavy atom. The highest BCUT2D eigenvalue weighted by atomic mass is 35.5. The molecule has 1 atom stereocenters. The molecule has 1 saturated heterocycles. The van der Waals surface area contributed by atoms with Crippen molar-refractivity contribution in [1.29, 1.82) is 0 Å². The summed E-state index contributed by atoms with van der Waals surface area (Å²) in [6, 6.07) is 3.90. The minimum absolute atomic E-state index is 0.00485. The zero-order chi connectivity index (χ0) is 14.7. The smallest absolute Gasteiger partial charge is 0.337 e. The number of ether oxygens (including phenoxy) is 1. The molecule has 0 bridgehead atoms. The number of nitrogens with one attached hydrogen (secondary N) is 1.